The van der Waals surface area contributed by atoms with E-state index in [1.807, 2.05) is 0 Å². The number of ether oxygens (including phenoxy) is 1. The van der Waals surface area contributed by atoms with Gasteiger partial charge in [-0.1, -0.05) is 18.2 Å². The van der Waals surface area contributed by atoms with Crippen LogP contribution in [0.1, 0.15) is 5.56 Å². The van der Waals surface area contributed by atoms with Gasteiger partial charge in [-0.25, -0.2) is 0 Å². The molecule has 1 amide bonds. The number of hydrogen-bond acceptors (Lipinski definition) is 3. The van der Waals surface area contributed by atoms with Crippen molar-refractivity contribution in [3.05, 3.63) is 29.8 Å². The third-order valence-corrected chi connectivity index (χ3v) is 2.24. The Labute approximate surface area is 104 Å². The SMILES string of the molecule is CNCCNC(=O)Cc1ccccc1OC(F)F. The highest BCUT2D eigenvalue weighted by molar-refractivity contribution is 5.79. The zero-order chi connectivity index (χ0) is 13.4. The van der Waals surface area contributed by atoms with E-state index in [0.717, 1.165) is 0 Å². The van der Waals surface area contributed by atoms with E-state index in [2.05, 4.69) is 15.4 Å². The molecule has 0 unspecified atom stereocenters. The van der Waals surface area contributed by atoms with Gasteiger partial charge in [0.15, 0.2) is 0 Å². The molecular weight excluding hydrogens is 242 g/mol. The average Bonchev–Trinajstić information content (AvgIpc) is 2.31. The molecule has 100 valence electrons. The van der Waals surface area contributed by atoms with E-state index in [4.69, 9.17) is 0 Å². The van der Waals surface area contributed by atoms with Crippen molar-refractivity contribution in [1.82, 2.24) is 10.6 Å². The summed E-state index contributed by atoms with van der Waals surface area (Å²) in [6.07, 6.45) is 0.0204. The Morgan fingerprint density at radius 3 is 2.72 bits per heavy atom. The molecule has 1 rings (SSSR count). The number of carbonyl (C=O) groups excluding carboxylic acids is 1. The van der Waals surface area contributed by atoms with Gasteiger partial charge < -0.3 is 15.4 Å². The van der Waals surface area contributed by atoms with Gasteiger partial charge in [-0.05, 0) is 13.1 Å². The first kappa shape index (κ1) is 14.4. The molecule has 0 heterocycles. The number of amides is 1. The molecule has 0 atom stereocenters. The number of rotatable bonds is 7. The molecule has 0 aliphatic rings. The fourth-order valence-corrected chi connectivity index (χ4v) is 1.42. The molecule has 0 aromatic heterocycles. The fourth-order valence-electron chi connectivity index (χ4n) is 1.42. The summed E-state index contributed by atoms with van der Waals surface area (Å²) in [4.78, 5) is 11.5. The number of nitrogens with one attached hydrogen (secondary N) is 2. The summed E-state index contributed by atoms with van der Waals surface area (Å²) in [5, 5.41) is 5.55. The molecule has 2 N–H and O–H groups in total. The van der Waals surface area contributed by atoms with E-state index in [0.29, 0.717) is 18.7 Å². The third kappa shape index (κ3) is 5.09. The maximum absolute atomic E-state index is 12.2. The molecule has 0 aliphatic carbocycles. The standard InChI is InChI=1S/C12H16F2N2O2/c1-15-6-7-16-11(17)8-9-4-2-3-5-10(9)18-12(13)14/h2-5,12,15H,6-8H2,1H3,(H,16,17). The summed E-state index contributed by atoms with van der Waals surface area (Å²) in [6.45, 7) is -1.74. The Balaban J connectivity index is 2.57. The maximum atomic E-state index is 12.2. The second kappa shape index (κ2) is 7.60. The van der Waals surface area contributed by atoms with E-state index in [1.54, 1.807) is 25.2 Å². The summed E-state index contributed by atoms with van der Waals surface area (Å²) in [7, 11) is 1.78. The van der Waals surface area contributed by atoms with Crippen LogP contribution in [0.4, 0.5) is 8.78 Å². The van der Waals surface area contributed by atoms with Crippen LogP contribution in [0.15, 0.2) is 24.3 Å². The van der Waals surface area contributed by atoms with Crippen molar-refractivity contribution >= 4 is 5.91 Å². The van der Waals surface area contributed by atoms with Crippen molar-refractivity contribution in [3.63, 3.8) is 0 Å². The van der Waals surface area contributed by atoms with Crippen LogP contribution >= 0.6 is 0 Å². The van der Waals surface area contributed by atoms with Crippen LogP contribution in [0, 0.1) is 0 Å². The van der Waals surface area contributed by atoms with E-state index in [9.17, 15) is 13.6 Å². The molecule has 4 nitrogen and oxygen atoms in total. The highest BCUT2D eigenvalue weighted by Gasteiger charge is 2.11. The number of para-hydroxylation sites is 1. The minimum absolute atomic E-state index is 0.0204. The molecule has 6 heteroatoms. The van der Waals surface area contributed by atoms with Gasteiger partial charge in [-0.3, -0.25) is 4.79 Å². The van der Waals surface area contributed by atoms with Gasteiger partial charge in [-0.15, -0.1) is 0 Å². The lowest BCUT2D eigenvalue weighted by atomic mass is 10.1. The summed E-state index contributed by atoms with van der Waals surface area (Å²) in [6, 6.07) is 6.27. The zero-order valence-corrected chi connectivity index (χ0v) is 10.1. The quantitative estimate of drug-likeness (QED) is 0.722. The molecule has 1 aromatic rings. The molecule has 0 saturated heterocycles. The Morgan fingerprint density at radius 2 is 2.06 bits per heavy atom. The molecule has 0 aliphatic heterocycles. The van der Waals surface area contributed by atoms with Gasteiger partial charge >= 0.3 is 6.61 Å². The molecule has 0 saturated carbocycles. The molecule has 0 radical (unpaired) electrons. The first-order chi connectivity index (χ1) is 8.63. The number of likely N-dealkylation sites (N-methyl/N-ethyl adjacent to an activating group) is 1. The normalized spacial score (nSPS) is 10.4. The molecular formula is C12H16F2N2O2. The second-order valence-corrected chi connectivity index (χ2v) is 3.62. The highest BCUT2D eigenvalue weighted by Crippen LogP contribution is 2.20. The summed E-state index contributed by atoms with van der Waals surface area (Å²) < 4.78 is 28.7. The number of carbonyl (C=O) groups is 1. The monoisotopic (exact) mass is 258 g/mol. The number of alkyl halides is 2. The predicted molar refractivity (Wildman–Crippen MR) is 63.7 cm³/mol. The van der Waals surface area contributed by atoms with Crippen molar-refractivity contribution in [2.24, 2.45) is 0 Å². The van der Waals surface area contributed by atoms with Crippen LogP contribution < -0.4 is 15.4 Å². The van der Waals surface area contributed by atoms with Gasteiger partial charge in [0, 0.05) is 18.7 Å². The molecule has 0 spiro atoms. The molecule has 0 bridgehead atoms. The van der Waals surface area contributed by atoms with Gasteiger partial charge in [0.25, 0.3) is 0 Å². The Kier molecular flexibility index (Phi) is 6.07. The van der Waals surface area contributed by atoms with Crippen LogP contribution in [-0.4, -0.2) is 32.7 Å². The zero-order valence-electron chi connectivity index (χ0n) is 10.1. The lowest BCUT2D eigenvalue weighted by molar-refractivity contribution is -0.120. The van der Waals surface area contributed by atoms with Gasteiger partial charge in [0.2, 0.25) is 5.91 Å². The Bertz CT molecular complexity index is 386. The van der Waals surface area contributed by atoms with Crippen molar-refractivity contribution in [1.29, 1.82) is 0 Å². The van der Waals surface area contributed by atoms with Gasteiger partial charge in [0.1, 0.15) is 5.75 Å². The Hall–Kier alpha value is -1.69. The molecule has 0 fully saturated rings. The lowest BCUT2D eigenvalue weighted by Crippen LogP contribution is -2.31. The van der Waals surface area contributed by atoms with Crippen LogP contribution in [0.2, 0.25) is 0 Å². The first-order valence-electron chi connectivity index (χ1n) is 5.57. The van der Waals surface area contributed by atoms with Crippen molar-refractivity contribution in [2.75, 3.05) is 20.1 Å². The number of hydrogen-bond donors (Lipinski definition) is 2. The average molecular weight is 258 g/mol. The molecule has 1 aromatic carbocycles. The minimum atomic E-state index is -2.89. The highest BCUT2D eigenvalue weighted by atomic mass is 19.3. The second-order valence-electron chi connectivity index (χ2n) is 3.62. The third-order valence-electron chi connectivity index (χ3n) is 2.24. The van der Waals surface area contributed by atoms with Crippen LogP contribution in [-0.2, 0) is 11.2 Å². The van der Waals surface area contributed by atoms with Gasteiger partial charge in [-0.2, -0.15) is 8.78 Å². The van der Waals surface area contributed by atoms with E-state index in [1.165, 1.54) is 6.07 Å². The predicted octanol–water partition coefficient (Wildman–Crippen LogP) is 1.17. The largest absolute Gasteiger partial charge is 0.435 e. The smallest absolute Gasteiger partial charge is 0.387 e. The van der Waals surface area contributed by atoms with E-state index in [-0.39, 0.29) is 18.1 Å². The van der Waals surface area contributed by atoms with Crippen LogP contribution in [0.25, 0.3) is 0 Å². The fraction of sp³-hybridized carbons (Fsp3) is 0.417. The van der Waals surface area contributed by atoms with Crippen molar-refractivity contribution in [3.8, 4) is 5.75 Å². The summed E-state index contributed by atoms with van der Waals surface area (Å²) in [5.41, 5.74) is 0.444. The van der Waals surface area contributed by atoms with E-state index < -0.39 is 6.61 Å². The van der Waals surface area contributed by atoms with Crippen LogP contribution in [0.5, 0.6) is 5.75 Å². The van der Waals surface area contributed by atoms with Crippen molar-refractivity contribution in [2.45, 2.75) is 13.0 Å². The summed E-state index contributed by atoms with van der Waals surface area (Å²) in [5.74, 6) is -0.188. The minimum Gasteiger partial charge on any atom is -0.435 e. The lowest BCUT2D eigenvalue weighted by Gasteiger charge is -2.10. The van der Waals surface area contributed by atoms with E-state index >= 15 is 0 Å². The molecule has 18 heavy (non-hydrogen) atoms. The topological polar surface area (TPSA) is 50.4 Å². The van der Waals surface area contributed by atoms with Crippen molar-refractivity contribution < 1.29 is 18.3 Å². The number of benzene rings is 1. The maximum Gasteiger partial charge on any atom is 0.387 e. The first-order valence-corrected chi connectivity index (χ1v) is 5.57. The van der Waals surface area contributed by atoms with Gasteiger partial charge in [0.05, 0.1) is 6.42 Å². The summed E-state index contributed by atoms with van der Waals surface area (Å²) >= 11 is 0. The number of halogens is 2. The van der Waals surface area contributed by atoms with Crippen LogP contribution in [0.3, 0.4) is 0 Å². The Morgan fingerprint density at radius 1 is 1.33 bits per heavy atom.